The smallest absolute Gasteiger partial charge is 0.328 e. The van der Waals surface area contributed by atoms with Gasteiger partial charge in [-0.05, 0) is 29.8 Å². The highest BCUT2D eigenvalue weighted by molar-refractivity contribution is 9.10. The number of hydrogen-bond acceptors (Lipinski definition) is 5. The Balaban J connectivity index is 2.81. The van der Waals surface area contributed by atoms with Crippen molar-refractivity contribution >= 4 is 27.7 Å². The number of aromatic nitrogens is 2. The number of anilines is 1. The number of carbonyl (C=O) groups excluding carboxylic acids is 1. The van der Waals surface area contributed by atoms with Crippen LogP contribution in [0.25, 0.3) is 0 Å². The monoisotopic (exact) mass is 315 g/mol. The lowest BCUT2D eigenvalue weighted by molar-refractivity contribution is -0.143. The second-order valence-electron chi connectivity index (χ2n) is 4.21. The van der Waals surface area contributed by atoms with Gasteiger partial charge in [-0.1, -0.05) is 13.8 Å². The molecule has 0 aromatic carbocycles. The molecule has 0 bridgehead atoms. The van der Waals surface area contributed by atoms with E-state index in [-0.39, 0.29) is 11.9 Å². The van der Waals surface area contributed by atoms with Crippen LogP contribution in [-0.2, 0) is 9.53 Å². The number of carbonyl (C=O) groups is 1. The van der Waals surface area contributed by atoms with Gasteiger partial charge >= 0.3 is 5.97 Å². The Morgan fingerprint density at radius 1 is 1.44 bits per heavy atom. The fourth-order valence-electron chi connectivity index (χ4n) is 1.32. The predicted octanol–water partition coefficient (Wildman–Crippen LogP) is 2.73. The number of nitrogens with zero attached hydrogens (tertiary/aromatic N) is 2. The van der Waals surface area contributed by atoms with Crippen LogP contribution in [0.2, 0.25) is 0 Å². The van der Waals surface area contributed by atoms with E-state index < -0.39 is 6.04 Å². The maximum absolute atomic E-state index is 11.5. The summed E-state index contributed by atoms with van der Waals surface area (Å²) in [7, 11) is 0. The van der Waals surface area contributed by atoms with Crippen molar-refractivity contribution in [2.24, 2.45) is 0 Å². The number of ether oxygens (including phenoxy) is 1. The molecule has 1 aromatic rings. The van der Waals surface area contributed by atoms with Gasteiger partial charge in [0.25, 0.3) is 0 Å². The molecule has 1 N–H and O–H groups in total. The molecule has 0 aliphatic heterocycles. The lowest BCUT2D eigenvalue weighted by atomic mass is 10.2. The average molecular weight is 316 g/mol. The Labute approximate surface area is 115 Å². The van der Waals surface area contributed by atoms with Gasteiger partial charge in [0.1, 0.15) is 22.3 Å². The van der Waals surface area contributed by atoms with Crippen LogP contribution >= 0.6 is 15.9 Å². The number of esters is 1. The molecule has 0 saturated carbocycles. The summed E-state index contributed by atoms with van der Waals surface area (Å²) in [5.41, 5.74) is 0. The maximum Gasteiger partial charge on any atom is 0.328 e. The van der Waals surface area contributed by atoms with Crippen LogP contribution in [0.15, 0.2) is 10.7 Å². The fraction of sp³-hybridized carbons (Fsp3) is 0.583. The van der Waals surface area contributed by atoms with E-state index in [2.05, 4.69) is 31.2 Å². The minimum atomic E-state index is -0.438. The summed E-state index contributed by atoms with van der Waals surface area (Å²) >= 11 is 3.33. The zero-order chi connectivity index (χ0) is 13.7. The van der Waals surface area contributed by atoms with Gasteiger partial charge in [-0.3, -0.25) is 0 Å². The van der Waals surface area contributed by atoms with Crippen molar-refractivity contribution in [2.45, 2.75) is 39.7 Å². The van der Waals surface area contributed by atoms with Gasteiger partial charge < -0.3 is 10.1 Å². The first-order chi connectivity index (χ1) is 8.43. The molecule has 0 aliphatic carbocycles. The molecule has 5 nitrogen and oxygen atoms in total. The maximum atomic E-state index is 11.5. The second-order valence-corrected chi connectivity index (χ2v) is 5.02. The molecule has 100 valence electrons. The van der Waals surface area contributed by atoms with Gasteiger partial charge in [0.2, 0.25) is 0 Å². The van der Waals surface area contributed by atoms with Gasteiger partial charge in [-0.2, -0.15) is 0 Å². The summed E-state index contributed by atoms with van der Waals surface area (Å²) in [6, 6.07) is 1.30. The summed E-state index contributed by atoms with van der Waals surface area (Å²) < 4.78 is 5.62. The van der Waals surface area contributed by atoms with Crippen molar-refractivity contribution in [3.8, 4) is 0 Å². The molecule has 18 heavy (non-hydrogen) atoms. The van der Waals surface area contributed by atoms with Crippen molar-refractivity contribution in [1.82, 2.24) is 9.97 Å². The Hall–Kier alpha value is -1.17. The van der Waals surface area contributed by atoms with Crippen molar-refractivity contribution in [3.63, 3.8) is 0 Å². The van der Waals surface area contributed by atoms with Crippen molar-refractivity contribution in [2.75, 3.05) is 11.9 Å². The van der Waals surface area contributed by atoms with E-state index in [1.54, 1.807) is 19.9 Å². The summed E-state index contributed by atoms with van der Waals surface area (Å²) in [5, 5.41) is 3.01. The van der Waals surface area contributed by atoms with Crippen LogP contribution in [0.4, 0.5) is 5.82 Å². The Bertz CT molecular complexity index is 424. The predicted molar refractivity (Wildman–Crippen MR) is 73.5 cm³/mol. The van der Waals surface area contributed by atoms with Crippen LogP contribution in [0.1, 0.15) is 39.4 Å². The van der Waals surface area contributed by atoms with Crippen LogP contribution in [0, 0.1) is 0 Å². The number of hydrogen-bond donors (Lipinski definition) is 1. The zero-order valence-electron chi connectivity index (χ0n) is 11.0. The molecular weight excluding hydrogens is 298 g/mol. The summed E-state index contributed by atoms with van der Waals surface area (Å²) in [5.74, 6) is 1.27. The van der Waals surface area contributed by atoms with Gasteiger partial charge in [0.05, 0.1) is 6.61 Å². The van der Waals surface area contributed by atoms with Crippen molar-refractivity contribution in [3.05, 3.63) is 16.5 Å². The molecule has 6 heteroatoms. The topological polar surface area (TPSA) is 64.1 Å². The van der Waals surface area contributed by atoms with Gasteiger partial charge in [-0.25, -0.2) is 14.8 Å². The number of rotatable bonds is 5. The van der Waals surface area contributed by atoms with E-state index in [1.165, 1.54) is 0 Å². The molecule has 0 aliphatic rings. The normalized spacial score (nSPS) is 12.3. The van der Waals surface area contributed by atoms with Crippen molar-refractivity contribution in [1.29, 1.82) is 0 Å². The standard InChI is InChI=1S/C12H18BrN3O2/c1-5-18-12(17)8(4)14-10-6-9(13)15-11(16-10)7(2)3/h6-8H,5H2,1-4H3,(H,14,15,16). The first kappa shape index (κ1) is 14.9. The third-order valence-electron chi connectivity index (χ3n) is 2.23. The lowest BCUT2D eigenvalue weighted by Crippen LogP contribution is -2.28. The Kier molecular flexibility index (Phi) is 5.53. The van der Waals surface area contributed by atoms with E-state index in [4.69, 9.17) is 4.74 Å². The fourth-order valence-corrected chi connectivity index (χ4v) is 1.71. The van der Waals surface area contributed by atoms with E-state index >= 15 is 0 Å². The molecule has 1 atom stereocenters. The van der Waals surface area contributed by atoms with E-state index in [1.807, 2.05) is 13.8 Å². The Morgan fingerprint density at radius 3 is 2.67 bits per heavy atom. The highest BCUT2D eigenvalue weighted by Gasteiger charge is 2.15. The lowest BCUT2D eigenvalue weighted by Gasteiger charge is -2.14. The van der Waals surface area contributed by atoms with E-state index in [9.17, 15) is 4.79 Å². The quantitative estimate of drug-likeness (QED) is 0.668. The summed E-state index contributed by atoms with van der Waals surface area (Å²) in [6.07, 6.45) is 0. The van der Waals surface area contributed by atoms with Crippen molar-refractivity contribution < 1.29 is 9.53 Å². The second kappa shape index (κ2) is 6.68. The molecule has 0 fully saturated rings. The van der Waals surface area contributed by atoms with Gasteiger partial charge in [0.15, 0.2) is 0 Å². The number of halogens is 1. The van der Waals surface area contributed by atoms with Crippen LogP contribution in [-0.4, -0.2) is 28.6 Å². The molecule has 1 rings (SSSR count). The highest BCUT2D eigenvalue weighted by atomic mass is 79.9. The molecule has 1 unspecified atom stereocenters. The zero-order valence-corrected chi connectivity index (χ0v) is 12.6. The van der Waals surface area contributed by atoms with Gasteiger partial charge in [0, 0.05) is 12.0 Å². The molecule has 0 saturated heterocycles. The molecule has 0 spiro atoms. The first-order valence-corrected chi connectivity index (χ1v) is 6.71. The summed E-state index contributed by atoms with van der Waals surface area (Å²) in [4.78, 5) is 20.1. The Morgan fingerprint density at radius 2 is 2.11 bits per heavy atom. The first-order valence-electron chi connectivity index (χ1n) is 5.91. The van der Waals surface area contributed by atoms with Gasteiger partial charge in [-0.15, -0.1) is 0 Å². The minimum absolute atomic E-state index is 0.223. The van der Waals surface area contributed by atoms with E-state index in [0.717, 1.165) is 5.82 Å². The molecule has 0 amide bonds. The minimum Gasteiger partial charge on any atom is -0.464 e. The third-order valence-corrected chi connectivity index (χ3v) is 2.64. The number of nitrogens with one attached hydrogen (secondary N) is 1. The van der Waals surface area contributed by atoms with E-state index in [0.29, 0.717) is 17.0 Å². The SMILES string of the molecule is CCOC(=O)C(C)Nc1cc(Br)nc(C(C)C)n1. The largest absolute Gasteiger partial charge is 0.464 e. The van der Waals surface area contributed by atoms with Crippen LogP contribution in [0.3, 0.4) is 0 Å². The van der Waals surface area contributed by atoms with Crippen LogP contribution < -0.4 is 5.32 Å². The molecular formula is C12H18BrN3O2. The summed E-state index contributed by atoms with van der Waals surface area (Å²) in [6.45, 7) is 7.92. The average Bonchev–Trinajstić information content (AvgIpc) is 2.28. The molecule has 1 aromatic heterocycles. The molecule has 1 heterocycles. The highest BCUT2D eigenvalue weighted by Crippen LogP contribution is 2.18. The van der Waals surface area contributed by atoms with Crippen LogP contribution in [0.5, 0.6) is 0 Å². The third kappa shape index (κ3) is 4.25. The molecule has 0 radical (unpaired) electrons.